The predicted molar refractivity (Wildman–Crippen MR) is 222 cm³/mol. The van der Waals surface area contributed by atoms with Crippen LogP contribution in [0.15, 0.2) is 176 Å². The molecule has 0 aliphatic rings. The van der Waals surface area contributed by atoms with Crippen molar-refractivity contribution in [1.82, 2.24) is 14.5 Å². The van der Waals surface area contributed by atoms with Gasteiger partial charge in [0, 0.05) is 44.5 Å². The van der Waals surface area contributed by atoms with Crippen LogP contribution in [0.4, 0.5) is 17.1 Å². The number of hydrogen-bond acceptors (Lipinski definition) is 6. The highest BCUT2D eigenvalue weighted by molar-refractivity contribution is 6.11. The number of nitriles is 3. The molecule has 0 N–H and O–H groups in total. The molecule has 0 spiro atoms. The van der Waals surface area contributed by atoms with E-state index in [1.165, 1.54) is 0 Å². The second-order valence-corrected chi connectivity index (χ2v) is 13.2. The van der Waals surface area contributed by atoms with Crippen molar-refractivity contribution in [3.63, 3.8) is 0 Å². The van der Waals surface area contributed by atoms with E-state index in [4.69, 9.17) is 9.97 Å². The summed E-state index contributed by atoms with van der Waals surface area (Å²) in [4.78, 5) is 12.0. The Labute approximate surface area is 323 Å². The summed E-state index contributed by atoms with van der Waals surface area (Å²) in [6.07, 6.45) is 0. The van der Waals surface area contributed by atoms with Gasteiger partial charge in [-0.25, -0.2) is 9.97 Å². The Morgan fingerprint density at radius 1 is 0.429 bits per heavy atom. The minimum atomic E-state index is 0.350. The molecule has 9 rings (SSSR count). The zero-order chi connectivity index (χ0) is 38.0. The SMILES string of the molecule is N#Cc1ccccc1-c1cc(-c2ccc(-n3c4ccccc4c4cc(N(c5ccccc5)c5ccccc5)ccc43)c(C#N)c2)nc(-c2ccccc2C#N)n1. The van der Waals surface area contributed by atoms with Crippen LogP contribution in [0.1, 0.15) is 16.7 Å². The lowest BCUT2D eigenvalue weighted by Crippen LogP contribution is -2.09. The van der Waals surface area contributed by atoms with Crippen molar-refractivity contribution < 1.29 is 0 Å². The molecule has 9 aromatic rings. The highest BCUT2D eigenvalue weighted by Crippen LogP contribution is 2.40. The van der Waals surface area contributed by atoms with E-state index in [-0.39, 0.29) is 0 Å². The average Bonchev–Trinajstić information content (AvgIpc) is 3.60. The minimum absolute atomic E-state index is 0.350. The number of anilines is 3. The summed E-state index contributed by atoms with van der Waals surface area (Å²) in [7, 11) is 0. The zero-order valence-electron chi connectivity index (χ0n) is 29.9. The molecule has 0 aliphatic carbocycles. The number of fused-ring (bicyclic) bond motifs is 3. The van der Waals surface area contributed by atoms with Crippen LogP contribution >= 0.6 is 0 Å². The van der Waals surface area contributed by atoms with Gasteiger partial charge in [0.2, 0.25) is 0 Å². The van der Waals surface area contributed by atoms with Gasteiger partial charge >= 0.3 is 0 Å². The fourth-order valence-corrected chi connectivity index (χ4v) is 7.37. The monoisotopic (exact) mass is 715 g/mol. The number of para-hydroxylation sites is 3. The number of hydrogen-bond donors (Lipinski definition) is 0. The fraction of sp³-hybridized carbons (Fsp3) is 0. The Balaban J connectivity index is 1.21. The van der Waals surface area contributed by atoms with Crippen molar-refractivity contribution in [2.75, 3.05) is 4.90 Å². The highest BCUT2D eigenvalue weighted by atomic mass is 15.1. The van der Waals surface area contributed by atoms with E-state index in [1.54, 1.807) is 18.2 Å². The molecule has 56 heavy (non-hydrogen) atoms. The van der Waals surface area contributed by atoms with Gasteiger partial charge in [-0.1, -0.05) is 91.0 Å². The standard InChI is InChI=1S/C49H29N7/c50-30-34-13-7-9-19-40(34)45-29-44(53-49(54-45)41-20-10-8-14-35(41)31-51)33-23-25-46(36(27-33)32-52)56-47-22-12-11-21-42(47)43-28-39(24-26-48(43)56)55(37-15-3-1-4-16-37)38-17-5-2-6-18-38/h1-29H. The smallest absolute Gasteiger partial charge is 0.161 e. The van der Waals surface area contributed by atoms with Crippen LogP contribution in [0.3, 0.4) is 0 Å². The first-order valence-electron chi connectivity index (χ1n) is 18.0. The maximum absolute atomic E-state index is 10.7. The van der Waals surface area contributed by atoms with Gasteiger partial charge in [-0.05, 0) is 84.9 Å². The normalized spacial score (nSPS) is 10.8. The third-order valence-electron chi connectivity index (χ3n) is 9.93. The maximum Gasteiger partial charge on any atom is 0.161 e. The van der Waals surface area contributed by atoms with Crippen molar-refractivity contribution >= 4 is 38.9 Å². The second-order valence-electron chi connectivity index (χ2n) is 13.2. The summed E-state index contributed by atoms with van der Waals surface area (Å²) >= 11 is 0. The quantitative estimate of drug-likeness (QED) is 0.163. The number of nitrogens with zero attached hydrogens (tertiary/aromatic N) is 7. The van der Waals surface area contributed by atoms with Crippen LogP contribution in [-0.4, -0.2) is 14.5 Å². The second kappa shape index (κ2) is 14.3. The Morgan fingerprint density at radius 2 is 1.00 bits per heavy atom. The van der Waals surface area contributed by atoms with Crippen LogP contribution < -0.4 is 4.90 Å². The molecule has 0 saturated carbocycles. The average molecular weight is 716 g/mol. The van der Waals surface area contributed by atoms with Crippen LogP contribution in [0.2, 0.25) is 0 Å². The summed E-state index contributed by atoms with van der Waals surface area (Å²) in [5.41, 5.74) is 10.2. The van der Waals surface area contributed by atoms with Gasteiger partial charge in [0.1, 0.15) is 6.07 Å². The number of benzene rings is 7. The van der Waals surface area contributed by atoms with Crippen molar-refractivity contribution in [3.8, 4) is 57.8 Å². The lowest BCUT2D eigenvalue weighted by atomic mass is 10.0. The van der Waals surface area contributed by atoms with E-state index in [2.05, 4.69) is 82.3 Å². The summed E-state index contributed by atoms with van der Waals surface area (Å²) in [6, 6.07) is 64.4. The Morgan fingerprint density at radius 3 is 1.70 bits per heavy atom. The number of rotatable bonds is 7. The third kappa shape index (κ3) is 5.87. The summed E-state index contributed by atoms with van der Waals surface area (Å²) in [6.45, 7) is 0. The van der Waals surface area contributed by atoms with Crippen LogP contribution in [-0.2, 0) is 0 Å². The van der Waals surface area contributed by atoms with Crippen molar-refractivity contribution in [3.05, 3.63) is 193 Å². The van der Waals surface area contributed by atoms with Gasteiger partial charge < -0.3 is 9.47 Å². The lowest BCUT2D eigenvalue weighted by Gasteiger charge is -2.25. The molecular formula is C49H29N7. The van der Waals surface area contributed by atoms with Gasteiger partial charge in [-0.2, -0.15) is 15.8 Å². The van der Waals surface area contributed by atoms with E-state index in [1.807, 2.05) is 103 Å². The maximum atomic E-state index is 10.7. The van der Waals surface area contributed by atoms with Gasteiger partial charge in [0.25, 0.3) is 0 Å². The van der Waals surface area contributed by atoms with Crippen LogP contribution in [0.5, 0.6) is 0 Å². The molecule has 0 amide bonds. The fourth-order valence-electron chi connectivity index (χ4n) is 7.37. The molecular weight excluding hydrogens is 687 g/mol. The first-order valence-corrected chi connectivity index (χ1v) is 18.0. The highest BCUT2D eigenvalue weighted by Gasteiger charge is 2.20. The first kappa shape index (κ1) is 33.5. The summed E-state index contributed by atoms with van der Waals surface area (Å²) < 4.78 is 2.15. The molecule has 0 atom stereocenters. The molecule has 0 saturated heterocycles. The van der Waals surface area contributed by atoms with Gasteiger partial charge in [0.05, 0.1) is 56.9 Å². The van der Waals surface area contributed by atoms with E-state index in [0.717, 1.165) is 44.6 Å². The number of aromatic nitrogens is 3. The third-order valence-corrected chi connectivity index (χ3v) is 9.93. The molecule has 0 bridgehead atoms. The van der Waals surface area contributed by atoms with Crippen molar-refractivity contribution in [1.29, 1.82) is 15.8 Å². The predicted octanol–water partition coefficient (Wildman–Crippen LogP) is 11.7. The molecule has 2 aromatic heterocycles. The van der Waals surface area contributed by atoms with Gasteiger partial charge in [-0.15, -0.1) is 0 Å². The van der Waals surface area contributed by atoms with Crippen LogP contribution in [0.25, 0.3) is 61.4 Å². The van der Waals surface area contributed by atoms with E-state index in [9.17, 15) is 15.8 Å². The Kier molecular flexibility index (Phi) is 8.53. The zero-order valence-corrected chi connectivity index (χ0v) is 29.9. The van der Waals surface area contributed by atoms with Crippen molar-refractivity contribution in [2.45, 2.75) is 0 Å². The molecule has 2 heterocycles. The molecule has 0 radical (unpaired) electrons. The molecule has 7 nitrogen and oxygen atoms in total. The molecule has 7 heteroatoms. The van der Waals surface area contributed by atoms with Crippen molar-refractivity contribution in [2.24, 2.45) is 0 Å². The molecule has 0 fully saturated rings. The van der Waals surface area contributed by atoms with E-state index in [0.29, 0.717) is 50.6 Å². The van der Waals surface area contributed by atoms with Gasteiger partial charge in [0.15, 0.2) is 5.82 Å². The summed E-state index contributed by atoms with van der Waals surface area (Å²) in [5.74, 6) is 0.350. The Bertz CT molecular complexity index is 2960. The van der Waals surface area contributed by atoms with Crippen LogP contribution in [0, 0.1) is 34.0 Å². The van der Waals surface area contributed by atoms with E-state index < -0.39 is 0 Å². The first-order chi connectivity index (χ1) is 27.6. The molecule has 0 unspecified atom stereocenters. The van der Waals surface area contributed by atoms with Gasteiger partial charge in [-0.3, -0.25) is 0 Å². The Hall–Kier alpha value is -8.31. The lowest BCUT2D eigenvalue weighted by molar-refractivity contribution is 1.16. The molecule has 7 aromatic carbocycles. The topological polar surface area (TPSA) is 105 Å². The van der Waals surface area contributed by atoms with E-state index >= 15 is 0 Å². The molecule has 260 valence electrons. The summed E-state index contributed by atoms with van der Waals surface area (Å²) in [5, 5.41) is 32.7. The molecule has 0 aliphatic heterocycles. The largest absolute Gasteiger partial charge is 0.310 e. The minimum Gasteiger partial charge on any atom is -0.310 e.